The Balaban J connectivity index is 2.16. The minimum Gasteiger partial charge on any atom is -0.465 e. The Morgan fingerprint density at radius 3 is 3.11 bits per heavy atom. The van der Waals surface area contributed by atoms with Gasteiger partial charge in [-0.2, -0.15) is 0 Å². The maximum absolute atomic E-state index is 11.3. The lowest BCUT2D eigenvalue weighted by atomic mass is 9.98. The molecule has 1 aromatic heterocycles. The Kier molecular flexibility index (Phi) is 3.03. The Labute approximate surface area is 115 Å². The first kappa shape index (κ1) is 12.2. The maximum Gasteiger partial charge on any atom is 0.407 e. The van der Waals surface area contributed by atoms with Crippen molar-refractivity contribution in [1.82, 2.24) is 9.88 Å². The number of halogens is 1. The molecule has 19 heavy (non-hydrogen) atoms. The fourth-order valence-corrected chi connectivity index (χ4v) is 3.02. The van der Waals surface area contributed by atoms with Crippen LogP contribution in [-0.4, -0.2) is 27.6 Å². The van der Waals surface area contributed by atoms with Crippen molar-refractivity contribution < 1.29 is 9.90 Å². The molecule has 98 valence electrons. The van der Waals surface area contributed by atoms with Crippen LogP contribution in [0.4, 0.5) is 4.79 Å². The number of pyridine rings is 1. The van der Waals surface area contributed by atoms with E-state index in [1.54, 1.807) is 12.4 Å². The molecule has 3 rings (SSSR count). The van der Waals surface area contributed by atoms with Gasteiger partial charge in [-0.3, -0.25) is 4.98 Å². The van der Waals surface area contributed by atoms with E-state index in [0.29, 0.717) is 11.6 Å². The molecule has 5 heteroatoms. The molecule has 0 aliphatic carbocycles. The Morgan fingerprint density at radius 1 is 1.47 bits per heavy atom. The molecule has 0 saturated carbocycles. The standard InChI is InChI=1S/C14H13ClN2O2/c15-10-6-9-3-4-16-8-12(9)11(7-10)13-2-1-5-17(13)14(18)19/h3-4,6-8,13H,1-2,5H2,(H,18,19). The molecular formula is C14H13ClN2O2. The van der Waals surface area contributed by atoms with E-state index >= 15 is 0 Å². The maximum atomic E-state index is 11.3. The lowest BCUT2D eigenvalue weighted by molar-refractivity contribution is 0.140. The van der Waals surface area contributed by atoms with Crippen molar-refractivity contribution in [3.8, 4) is 0 Å². The van der Waals surface area contributed by atoms with Crippen molar-refractivity contribution in [1.29, 1.82) is 0 Å². The van der Waals surface area contributed by atoms with Gasteiger partial charge in [0.15, 0.2) is 0 Å². The summed E-state index contributed by atoms with van der Waals surface area (Å²) in [6.45, 7) is 0.578. The first-order chi connectivity index (χ1) is 9.16. The summed E-state index contributed by atoms with van der Waals surface area (Å²) in [5, 5.41) is 11.9. The molecule has 2 heterocycles. The summed E-state index contributed by atoms with van der Waals surface area (Å²) in [6, 6.07) is 5.51. The Morgan fingerprint density at radius 2 is 2.32 bits per heavy atom. The molecule has 1 fully saturated rings. The monoisotopic (exact) mass is 276 g/mol. The highest BCUT2D eigenvalue weighted by molar-refractivity contribution is 6.31. The lowest BCUT2D eigenvalue weighted by Gasteiger charge is -2.23. The molecule has 1 aliphatic rings. The second-order valence-corrected chi connectivity index (χ2v) is 5.16. The van der Waals surface area contributed by atoms with E-state index in [9.17, 15) is 9.90 Å². The molecule has 1 aromatic carbocycles. The van der Waals surface area contributed by atoms with Crippen LogP contribution in [0.3, 0.4) is 0 Å². The summed E-state index contributed by atoms with van der Waals surface area (Å²) in [5.41, 5.74) is 0.954. The summed E-state index contributed by atoms with van der Waals surface area (Å²) >= 11 is 6.14. The normalized spacial score (nSPS) is 19.0. The van der Waals surface area contributed by atoms with Crippen LogP contribution in [0.1, 0.15) is 24.4 Å². The molecule has 1 aliphatic heterocycles. The number of hydrogen-bond donors (Lipinski definition) is 1. The number of carboxylic acid groups (broad SMARTS) is 1. The van der Waals surface area contributed by atoms with Crippen LogP contribution >= 0.6 is 11.6 Å². The van der Waals surface area contributed by atoms with E-state index in [-0.39, 0.29) is 6.04 Å². The van der Waals surface area contributed by atoms with E-state index in [0.717, 1.165) is 29.2 Å². The van der Waals surface area contributed by atoms with Gasteiger partial charge in [-0.25, -0.2) is 4.79 Å². The number of likely N-dealkylation sites (tertiary alicyclic amines) is 1. The van der Waals surface area contributed by atoms with Gasteiger partial charge in [-0.15, -0.1) is 0 Å². The lowest BCUT2D eigenvalue weighted by Crippen LogP contribution is -2.28. The second-order valence-electron chi connectivity index (χ2n) is 4.73. The number of hydrogen-bond acceptors (Lipinski definition) is 2. The van der Waals surface area contributed by atoms with Gasteiger partial charge in [-0.1, -0.05) is 11.6 Å². The zero-order chi connectivity index (χ0) is 13.4. The van der Waals surface area contributed by atoms with Crippen LogP contribution in [0.2, 0.25) is 5.02 Å². The first-order valence-corrected chi connectivity index (χ1v) is 6.57. The minimum atomic E-state index is -0.875. The van der Waals surface area contributed by atoms with Gasteiger partial charge in [0.25, 0.3) is 0 Å². The van der Waals surface area contributed by atoms with E-state index in [2.05, 4.69) is 4.98 Å². The van der Waals surface area contributed by atoms with Gasteiger partial charge in [0.2, 0.25) is 0 Å². The van der Waals surface area contributed by atoms with E-state index in [1.807, 2.05) is 18.2 Å². The van der Waals surface area contributed by atoms with Crippen LogP contribution in [0.25, 0.3) is 10.8 Å². The topological polar surface area (TPSA) is 53.4 Å². The van der Waals surface area contributed by atoms with Crippen LogP contribution in [0, 0.1) is 0 Å². The average molecular weight is 277 g/mol. The fourth-order valence-electron chi connectivity index (χ4n) is 2.78. The highest BCUT2D eigenvalue weighted by Crippen LogP contribution is 2.37. The Hall–Kier alpha value is -1.81. The third-order valence-corrected chi connectivity index (χ3v) is 3.83. The molecule has 4 nitrogen and oxygen atoms in total. The zero-order valence-corrected chi connectivity index (χ0v) is 11.0. The fraction of sp³-hybridized carbons (Fsp3) is 0.286. The number of fused-ring (bicyclic) bond motifs is 1. The Bertz CT molecular complexity index is 644. The molecule has 1 amide bonds. The van der Waals surface area contributed by atoms with Crippen LogP contribution in [0.5, 0.6) is 0 Å². The van der Waals surface area contributed by atoms with E-state index in [4.69, 9.17) is 11.6 Å². The predicted molar refractivity (Wildman–Crippen MR) is 73.5 cm³/mol. The molecule has 2 aromatic rings. The molecule has 0 spiro atoms. The molecule has 1 saturated heterocycles. The number of benzene rings is 1. The van der Waals surface area contributed by atoms with Crippen molar-refractivity contribution in [2.24, 2.45) is 0 Å². The molecular weight excluding hydrogens is 264 g/mol. The van der Waals surface area contributed by atoms with Crippen molar-refractivity contribution in [2.75, 3.05) is 6.54 Å². The molecule has 0 radical (unpaired) electrons. The number of carbonyl (C=O) groups is 1. The predicted octanol–water partition coefficient (Wildman–Crippen LogP) is 3.70. The highest BCUT2D eigenvalue weighted by Gasteiger charge is 2.31. The van der Waals surface area contributed by atoms with E-state index in [1.165, 1.54) is 4.90 Å². The molecule has 1 N–H and O–H groups in total. The SMILES string of the molecule is O=C(O)N1CCCC1c1cc(Cl)cc2ccncc12. The summed E-state index contributed by atoms with van der Waals surface area (Å²) in [7, 11) is 0. The zero-order valence-electron chi connectivity index (χ0n) is 10.2. The van der Waals surface area contributed by atoms with Crippen molar-refractivity contribution in [3.05, 3.63) is 41.2 Å². The number of nitrogens with zero attached hydrogens (tertiary/aromatic N) is 2. The average Bonchev–Trinajstić information content (AvgIpc) is 2.86. The third kappa shape index (κ3) is 2.12. The number of amides is 1. The summed E-state index contributed by atoms with van der Waals surface area (Å²) < 4.78 is 0. The van der Waals surface area contributed by atoms with Crippen LogP contribution in [0.15, 0.2) is 30.6 Å². The minimum absolute atomic E-state index is 0.122. The van der Waals surface area contributed by atoms with Crippen molar-refractivity contribution >= 4 is 28.5 Å². The number of aromatic nitrogens is 1. The quantitative estimate of drug-likeness (QED) is 0.864. The van der Waals surface area contributed by atoms with Gasteiger partial charge in [0.1, 0.15) is 0 Å². The summed E-state index contributed by atoms with van der Waals surface area (Å²) in [4.78, 5) is 16.9. The molecule has 0 bridgehead atoms. The highest BCUT2D eigenvalue weighted by atomic mass is 35.5. The van der Waals surface area contributed by atoms with Gasteiger partial charge in [0, 0.05) is 29.3 Å². The van der Waals surface area contributed by atoms with Crippen LogP contribution < -0.4 is 0 Å². The molecule has 1 unspecified atom stereocenters. The van der Waals surface area contributed by atoms with E-state index < -0.39 is 6.09 Å². The van der Waals surface area contributed by atoms with Gasteiger partial charge >= 0.3 is 6.09 Å². The largest absolute Gasteiger partial charge is 0.465 e. The third-order valence-electron chi connectivity index (χ3n) is 3.61. The first-order valence-electron chi connectivity index (χ1n) is 6.19. The van der Waals surface area contributed by atoms with Crippen molar-refractivity contribution in [2.45, 2.75) is 18.9 Å². The van der Waals surface area contributed by atoms with Crippen LogP contribution in [-0.2, 0) is 0 Å². The van der Waals surface area contributed by atoms with Gasteiger partial charge < -0.3 is 10.0 Å². The van der Waals surface area contributed by atoms with Crippen molar-refractivity contribution in [3.63, 3.8) is 0 Å². The van der Waals surface area contributed by atoms with Gasteiger partial charge in [0.05, 0.1) is 6.04 Å². The molecule has 1 atom stereocenters. The summed E-state index contributed by atoms with van der Waals surface area (Å²) in [5.74, 6) is 0. The summed E-state index contributed by atoms with van der Waals surface area (Å²) in [6.07, 6.45) is 4.33. The smallest absolute Gasteiger partial charge is 0.407 e. The second kappa shape index (κ2) is 4.70. The number of rotatable bonds is 1. The van der Waals surface area contributed by atoms with Gasteiger partial charge in [-0.05, 0) is 42.0 Å².